The molecule has 0 N–H and O–H groups in total. The van der Waals surface area contributed by atoms with Crippen LogP contribution in [0.2, 0.25) is 0 Å². The molecule has 0 radical (unpaired) electrons. The summed E-state index contributed by atoms with van der Waals surface area (Å²) < 4.78 is 187. The predicted octanol–water partition coefficient (Wildman–Crippen LogP) is 5.55. The number of alkyl halides is 15. The Labute approximate surface area is 154 Å². The first-order chi connectivity index (χ1) is 12.1. The van der Waals surface area contributed by atoms with E-state index in [0.717, 1.165) is 0 Å². The maximum absolute atomic E-state index is 13.4. The van der Waals surface area contributed by atoms with Crippen LogP contribution in [0.15, 0.2) is 0 Å². The summed E-state index contributed by atoms with van der Waals surface area (Å²) >= 11 is 2.53. The van der Waals surface area contributed by atoms with E-state index < -0.39 is 66.3 Å². The van der Waals surface area contributed by atoms with Crippen LogP contribution in [0, 0.1) is 0 Å². The van der Waals surface area contributed by atoms with Crippen LogP contribution in [-0.4, -0.2) is 59.9 Å². The third-order valence-corrected chi connectivity index (χ3v) is 4.03. The normalized spacial score (nSPS) is 20.7. The monoisotopic (exact) mass is 516 g/mol. The molecule has 28 heavy (non-hydrogen) atoms. The highest BCUT2D eigenvalue weighted by Crippen LogP contribution is 2.60. The van der Waals surface area contributed by atoms with Gasteiger partial charge in [-0.2, -0.15) is 57.1 Å². The summed E-state index contributed by atoms with van der Waals surface area (Å²) in [4.78, 5) is 0. The van der Waals surface area contributed by atoms with Crippen LogP contribution in [0.3, 0.4) is 0 Å². The third-order valence-electron chi connectivity index (χ3n) is 3.39. The molecule has 1 rings (SSSR count). The van der Waals surface area contributed by atoms with E-state index in [1.807, 2.05) is 0 Å². The van der Waals surface area contributed by atoms with E-state index >= 15 is 0 Å². The Bertz CT molecular complexity index is 570. The summed E-state index contributed by atoms with van der Waals surface area (Å²) in [5.41, 5.74) is 0. The third kappa shape index (κ3) is 3.89. The van der Waals surface area contributed by atoms with Crippen molar-refractivity contribution in [3.8, 4) is 0 Å². The van der Waals surface area contributed by atoms with Gasteiger partial charge in [0.25, 0.3) is 0 Å². The van der Waals surface area contributed by atoms with Gasteiger partial charge in [-0.1, -0.05) is 0 Å². The van der Waals surface area contributed by atoms with Gasteiger partial charge in [0.05, 0.1) is 19.6 Å². The number of hydrogen-bond donors (Lipinski definition) is 0. The van der Waals surface area contributed by atoms with Gasteiger partial charge in [-0.3, -0.25) is 0 Å². The quantitative estimate of drug-likeness (QED) is 0.311. The van der Waals surface area contributed by atoms with Gasteiger partial charge in [-0.05, 0) is 15.9 Å². The molecule has 168 valence electrons. The summed E-state index contributed by atoms with van der Waals surface area (Å²) in [5, 5.41) is 0. The predicted molar refractivity (Wildman–Crippen MR) is 63.9 cm³/mol. The fraction of sp³-hybridized carbons (Fsp3) is 1.00. The number of ether oxygens (including phenoxy) is 2. The molecule has 0 bridgehead atoms. The van der Waals surface area contributed by atoms with E-state index in [0.29, 0.717) is 0 Å². The van der Waals surface area contributed by atoms with E-state index in [9.17, 15) is 61.5 Å². The van der Waals surface area contributed by atoms with Gasteiger partial charge >= 0.3 is 35.8 Å². The van der Waals surface area contributed by atoms with Gasteiger partial charge in [0.2, 0.25) is 6.36 Å². The number of halogens is 15. The molecule has 1 aliphatic rings. The van der Waals surface area contributed by atoms with E-state index in [1.54, 1.807) is 0 Å². The van der Waals surface area contributed by atoms with Crippen molar-refractivity contribution in [1.82, 2.24) is 0 Å². The molecule has 0 spiro atoms. The van der Waals surface area contributed by atoms with Crippen molar-refractivity contribution in [2.45, 2.75) is 53.1 Å². The Morgan fingerprint density at radius 3 is 1.46 bits per heavy atom. The molecule has 1 fully saturated rings. The van der Waals surface area contributed by atoms with Crippen molar-refractivity contribution in [3.63, 3.8) is 0 Å². The molecule has 1 heterocycles. The van der Waals surface area contributed by atoms with Crippen molar-refractivity contribution in [1.29, 1.82) is 0 Å². The molecule has 0 aromatic carbocycles. The largest absolute Gasteiger partial charge is 0.460 e. The zero-order valence-electron chi connectivity index (χ0n) is 12.7. The lowest BCUT2D eigenvalue weighted by Gasteiger charge is -2.41. The maximum Gasteiger partial charge on any atom is 0.460 e. The molecule has 1 saturated heterocycles. The average Bonchev–Trinajstić information content (AvgIpc) is 2.42. The van der Waals surface area contributed by atoms with Gasteiger partial charge < -0.3 is 9.47 Å². The van der Waals surface area contributed by atoms with Crippen molar-refractivity contribution >= 4 is 15.9 Å². The lowest BCUT2D eigenvalue weighted by Crippen LogP contribution is -2.70. The summed E-state index contributed by atoms with van der Waals surface area (Å²) in [6, 6.07) is 0. The minimum atomic E-state index is -8.02. The van der Waals surface area contributed by atoms with E-state index in [1.165, 1.54) is 0 Å². The maximum atomic E-state index is 13.4. The highest BCUT2D eigenvalue weighted by Gasteiger charge is 2.90. The standard InChI is InChI=1S/C11H7BrF14O2/c12-5(2-27-3-5)28-4(13)1-6(14,15)7(16,17)8(18,19)9(20,21)10(22,23)11(24,25)26/h4H,1-3H2. The Hall–Kier alpha value is -0.580. The van der Waals surface area contributed by atoms with Crippen LogP contribution in [0.1, 0.15) is 6.42 Å². The minimum absolute atomic E-state index is 0.526. The number of hydrogen-bond acceptors (Lipinski definition) is 2. The highest BCUT2D eigenvalue weighted by molar-refractivity contribution is 9.10. The highest BCUT2D eigenvalue weighted by atomic mass is 79.9. The average molecular weight is 517 g/mol. The van der Waals surface area contributed by atoms with Crippen LogP contribution in [0.5, 0.6) is 0 Å². The van der Waals surface area contributed by atoms with Crippen LogP contribution < -0.4 is 0 Å². The second kappa shape index (κ2) is 6.99. The first-order valence-corrected chi connectivity index (χ1v) is 7.39. The van der Waals surface area contributed by atoms with E-state index in [-0.39, 0.29) is 0 Å². The Morgan fingerprint density at radius 1 is 0.750 bits per heavy atom. The van der Waals surface area contributed by atoms with Crippen molar-refractivity contribution in [2.75, 3.05) is 13.2 Å². The first-order valence-electron chi connectivity index (χ1n) is 6.60. The Morgan fingerprint density at radius 2 is 1.14 bits per heavy atom. The fourth-order valence-corrected chi connectivity index (χ4v) is 2.26. The number of rotatable bonds is 8. The Balaban J connectivity index is 3.18. The second-order valence-corrected chi connectivity index (χ2v) is 7.05. The molecule has 0 aromatic heterocycles. The molecule has 0 saturated carbocycles. The summed E-state index contributed by atoms with van der Waals surface area (Å²) in [5.74, 6) is -37.9. The second-order valence-electron chi connectivity index (χ2n) is 5.61. The minimum Gasteiger partial charge on any atom is -0.373 e. The molecule has 0 amide bonds. The summed E-state index contributed by atoms with van der Waals surface area (Å²) in [7, 11) is 0. The SMILES string of the molecule is FC(CC(F)(F)C(F)(F)C(F)(F)C(F)(F)C(F)(F)C(F)(F)F)OC1(Br)COC1. The summed E-state index contributed by atoms with van der Waals surface area (Å²) in [6.07, 6.45) is -14.1. The lowest BCUT2D eigenvalue weighted by molar-refractivity contribution is -0.441. The topological polar surface area (TPSA) is 18.5 Å². The molecule has 1 aliphatic heterocycles. The summed E-state index contributed by atoms with van der Waals surface area (Å²) in [6.45, 7) is -1.05. The van der Waals surface area contributed by atoms with Gasteiger partial charge in [-0.15, -0.1) is 0 Å². The Kier molecular flexibility index (Phi) is 6.36. The van der Waals surface area contributed by atoms with E-state index in [2.05, 4.69) is 25.4 Å². The molecular formula is C11H7BrF14O2. The molecule has 0 aromatic rings. The van der Waals surface area contributed by atoms with Crippen LogP contribution in [-0.2, 0) is 9.47 Å². The molecule has 17 heteroatoms. The molecule has 1 atom stereocenters. The van der Waals surface area contributed by atoms with Crippen LogP contribution >= 0.6 is 15.9 Å². The van der Waals surface area contributed by atoms with Crippen molar-refractivity contribution < 1.29 is 70.9 Å². The van der Waals surface area contributed by atoms with Crippen LogP contribution in [0.25, 0.3) is 0 Å². The van der Waals surface area contributed by atoms with Gasteiger partial charge in [0.1, 0.15) is 0 Å². The van der Waals surface area contributed by atoms with Crippen molar-refractivity contribution in [3.05, 3.63) is 0 Å². The fourth-order valence-electron chi connectivity index (χ4n) is 1.73. The molecule has 1 unspecified atom stereocenters. The van der Waals surface area contributed by atoms with Gasteiger partial charge in [-0.25, -0.2) is 4.39 Å². The molecule has 0 aliphatic carbocycles. The lowest BCUT2D eigenvalue weighted by atomic mass is 9.92. The van der Waals surface area contributed by atoms with Crippen molar-refractivity contribution in [2.24, 2.45) is 0 Å². The smallest absolute Gasteiger partial charge is 0.373 e. The molecular weight excluding hydrogens is 510 g/mol. The zero-order valence-corrected chi connectivity index (χ0v) is 14.3. The molecule has 2 nitrogen and oxygen atoms in total. The van der Waals surface area contributed by atoms with E-state index in [4.69, 9.17) is 0 Å². The zero-order chi connectivity index (χ0) is 22.6. The van der Waals surface area contributed by atoms with Gasteiger partial charge in [0, 0.05) is 0 Å². The van der Waals surface area contributed by atoms with Crippen LogP contribution in [0.4, 0.5) is 61.5 Å². The first kappa shape index (κ1) is 25.5. The van der Waals surface area contributed by atoms with Gasteiger partial charge in [0.15, 0.2) is 4.51 Å².